The van der Waals surface area contributed by atoms with E-state index in [2.05, 4.69) is 5.10 Å². The molecule has 0 radical (unpaired) electrons. The Labute approximate surface area is 79.7 Å². The zero-order valence-electron chi connectivity index (χ0n) is 8.71. The summed E-state index contributed by atoms with van der Waals surface area (Å²) in [6, 6.07) is 0. The van der Waals surface area contributed by atoms with E-state index in [1.165, 1.54) is 6.42 Å². The monoisotopic (exact) mass is 182 g/mol. The minimum absolute atomic E-state index is 0.840. The molecule has 1 aliphatic heterocycles. The molecule has 1 aromatic heterocycles. The van der Waals surface area contributed by atoms with Crippen LogP contribution in [0.1, 0.15) is 32.3 Å². The van der Waals surface area contributed by atoms with Gasteiger partial charge in [-0.2, -0.15) is 5.10 Å². The molecule has 0 saturated carbocycles. The Balaban J connectivity index is 0.000000396. The van der Waals surface area contributed by atoms with E-state index in [0.717, 1.165) is 31.0 Å². The van der Waals surface area contributed by atoms with Crippen LogP contribution < -0.4 is 4.74 Å². The molecule has 1 aromatic rings. The number of fused-ring (bicyclic) bond motifs is 1. The van der Waals surface area contributed by atoms with Gasteiger partial charge in [0.2, 0.25) is 5.88 Å². The minimum Gasteiger partial charge on any atom is -0.478 e. The van der Waals surface area contributed by atoms with Gasteiger partial charge >= 0.3 is 0 Å². The van der Waals surface area contributed by atoms with Crippen LogP contribution in [0.15, 0.2) is 6.20 Å². The quantitative estimate of drug-likeness (QED) is 0.616. The van der Waals surface area contributed by atoms with E-state index in [4.69, 9.17) is 4.74 Å². The Morgan fingerprint density at radius 1 is 1.38 bits per heavy atom. The zero-order chi connectivity index (χ0) is 9.68. The molecule has 0 bridgehead atoms. The van der Waals surface area contributed by atoms with Crippen molar-refractivity contribution in [2.45, 2.75) is 40.2 Å². The van der Waals surface area contributed by atoms with Crippen LogP contribution >= 0.6 is 0 Å². The molecule has 0 fully saturated rings. The summed E-state index contributed by atoms with van der Waals surface area (Å²) in [5, 5.41) is 4.21. The van der Waals surface area contributed by atoms with E-state index in [1.807, 2.05) is 31.6 Å². The SMILES string of the molecule is CC.Cc1cnn2c1OCCCC2. The Morgan fingerprint density at radius 3 is 2.92 bits per heavy atom. The standard InChI is InChI=1S/C8H12N2O.C2H6/c1-7-6-9-10-4-2-3-5-11-8(7)10;1-2/h6H,2-5H2,1H3;1-2H3. The van der Waals surface area contributed by atoms with E-state index >= 15 is 0 Å². The fraction of sp³-hybridized carbons (Fsp3) is 0.700. The lowest BCUT2D eigenvalue weighted by Gasteiger charge is -2.02. The lowest BCUT2D eigenvalue weighted by atomic mass is 10.3. The Kier molecular flexibility index (Phi) is 3.80. The van der Waals surface area contributed by atoms with Gasteiger partial charge < -0.3 is 4.74 Å². The van der Waals surface area contributed by atoms with Gasteiger partial charge in [0.25, 0.3) is 0 Å². The van der Waals surface area contributed by atoms with Crippen molar-refractivity contribution in [1.29, 1.82) is 0 Å². The summed E-state index contributed by atoms with van der Waals surface area (Å²) in [5.41, 5.74) is 1.15. The first-order valence-electron chi connectivity index (χ1n) is 5.03. The Hall–Kier alpha value is -0.990. The van der Waals surface area contributed by atoms with E-state index in [1.54, 1.807) is 0 Å². The first-order valence-corrected chi connectivity index (χ1v) is 5.03. The summed E-state index contributed by atoms with van der Waals surface area (Å²) in [6.07, 6.45) is 4.18. The van der Waals surface area contributed by atoms with Crippen LogP contribution in [0, 0.1) is 6.92 Å². The van der Waals surface area contributed by atoms with Crippen LogP contribution in [0.3, 0.4) is 0 Å². The molecule has 0 unspecified atom stereocenters. The molecule has 2 rings (SSSR count). The topological polar surface area (TPSA) is 27.1 Å². The van der Waals surface area contributed by atoms with E-state index in [0.29, 0.717) is 0 Å². The highest BCUT2D eigenvalue weighted by Gasteiger charge is 2.10. The smallest absolute Gasteiger partial charge is 0.214 e. The van der Waals surface area contributed by atoms with E-state index in [9.17, 15) is 0 Å². The van der Waals surface area contributed by atoms with Gasteiger partial charge in [-0.1, -0.05) is 13.8 Å². The first kappa shape index (κ1) is 10.1. The average Bonchev–Trinajstić information content (AvgIpc) is 2.44. The molecule has 1 aliphatic rings. The third-order valence-electron chi connectivity index (χ3n) is 1.97. The molecule has 13 heavy (non-hydrogen) atoms. The highest BCUT2D eigenvalue weighted by Crippen LogP contribution is 2.20. The number of aryl methyl sites for hydroxylation is 2. The molecule has 3 heteroatoms. The predicted molar refractivity (Wildman–Crippen MR) is 53.0 cm³/mol. The maximum atomic E-state index is 5.52. The molecule has 0 spiro atoms. The highest BCUT2D eigenvalue weighted by atomic mass is 16.5. The summed E-state index contributed by atoms with van der Waals surface area (Å²) < 4.78 is 7.47. The van der Waals surface area contributed by atoms with Gasteiger partial charge in [0, 0.05) is 12.1 Å². The molecule has 0 N–H and O–H groups in total. The zero-order valence-corrected chi connectivity index (χ0v) is 8.71. The van der Waals surface area contributed by atoms with Crippen LogP contribution in [0.5, 0.6) is 5.88 Å². The summed E-state index contributed by atoms with van der Waals surface area (Å²) in [6.45, 7) is 7.87. The maximum Gasteiger partial charge on any atom is 0.214 e. The summed E-state index contributed by atoms with van der Waals surface area (Å²) in [5.74, 6) is 0.961. The number of ether oxygens (including phenoxy) is 1. The van der Waals surface area contributed by atoms with Crippen molar-refractivity contribution in [2.75, 3.05) is 6.61 Å². The maximum absolute atomic E-state index is 5.52. The molecule has 0 aromatic carbocycles. The van der Waals surface area contributed by atoms with Crippen LogP contribution in [0.25, 0.3) is 0 Å². The second kappa shape index (κ2) is 4.90. The number of aromatic nitrogens is 2. The fourth-order valence-electron chi connectivity index (χ4n) is 1.35. The molecule has 0 aliphatic carbocycles. The normalized spacial score (nSPS) is 14.7. The minimum atomic E-state index is 0.840. The molecular weight excluding hydrogens is 164 g/mol. The molecule has 0 saturated heterocycles. The lowest BCUT2D eigenvalue weighted by Crippen LogP contribution is -1.99. The number of hydrogen-bond acceptors (Lipinski definition) is 2. The van der Waals surface area contributed by atoms with Crippen molar-refractivity contribution in [2.24, 2.45) is 0 Å². The second-order valence-electron chi connectivity index (χ2n) is 2.91. The van der Waals surface area contributed by atoms with Gasteiger partial charge in [-0.3, -0.25) is 0 Å². The fourth-order valence-corrected chi connectivity index (χ4v) is 1.35. The Morgan fingerprint density at radius 2 is 2.15 bits per heavy atom. The third kappa shape index (κ3) is 2.23. The molecular formula is C10H18N2O. The van der Waals surface area contributed by atoms with Gasteiger partial charge in [0.05, 0.1) is 12.8 Å². The molecule has 0 amide bonds. The largest absolute Gasteiger partial charge is 0.478 e. The Bertz CT molecular complexity index is 255. The van der Waals surface area contributed by atoms with Crippen molar-refractivity contribution in [3.05, 3.63) is 11.8 Å². The van der Waals surface area contributed by atoms with Crippen molar-refractivity contribution >= 4 is 0 Å². The number of nitrogens with zero attached hydrogens (tertiary/aromatic N) is 2. The molecule has 0 atom stereocenters. The van der Waals surface area contributed by atoms with Crippen LogP contribution in [-0.2, 0) is 6.54 Å². The van der Waals surface area contributed by atoms with Gasteiger partial charge in [0.15, 0.2) is 0 Å². The third-order valence-corrected chi connectivity index (χ3v) is 1.97. The summed E-state index contributed by atoms with van der Waals surface area (Å²) >= 11 is 0. The molecule has 74 valence electrons. The van der Waals surface area contributed by atoms with Crippen LogP contribution in [-0.4, -0.2) is 16.4 Å². The lowest BCUT2D eigenvalue weighted by molar-refractivity contribution is 0.301. The summed E-state index contributed by atoms with van der Waals surface area (Å²) in [7, 11) is 0. The van der Waals surface area contributed by atoms with Crippen molar-refractivity contribution < 1.29 is 4.74 Å². The average molecular weight is 182 g/mol. The molecule has 2 heterocycles. The van der Waals surface area contributed by atoms with E-state index < -0.39 is 0 Å². The highest BCUT2D eigenvalue weighted by molar-refractivity contribution is 5.22. The molecule has 3 nitrogen and oxygen atoms in total. The van der Waals surface area contributed by atoms with Gasteiger partial charge in [-0.25, -0.2) is 4.68 Å². The van der Waals surface area contributed by atoms with Crippen LogP contribution in [0.2, 0.25) is 0 Å². The van der Waals surface area contributed by atoms with Crippen LogP contribution in [0.4, 0.5) is 0 Å². The predicted octanol–water partition coefficient (Wildman–Crippen LogP) is 2.39. The van der Waals surface area contributed by atoms with E-state index in [-0.39, 0.29) is 0 Å². The first-order chi connectivity index (χ1) is 6.38. The summed E-state index contributed by atoms with van der Waals surface area (Å²) in [4.78, 5) is 0. The number of hydrogen-bond donors (Lipinski definition) is 0. The van der Waals surface area contributed by atoms with Gasteiger partial charge in [-0.05, 0) is 19.8 Å². The van der Waals surface area contributed by atoms with Gasteiger partial charge in [-0.15, -0.1) is 0 Å². The second-order valence-corrected chi connectivity index (χ2v) is 2.91. The van der Waals surface area contributed by atoms with Crippen molar-refractivity contribution in [3.8, 4) is 5.88 Å². The van der Waals surface area contributed by atoms with Crippen molar-refractivity contribution in [1.82, 2.24) is 9.78 Å². The number of rotatable bonds is 0. The van der Waals surface area contributed by atoms with Gasteiger partial charge in [0.1, 0.15) is 0 Å². The van der Waals surface area contributed by atoms with Crippen molar-refractivity contribution in [3.63, 3.8) is 0 Å².